The molecule has 0 unspecified atom stereocenters. The molecule has 1 aromatic heterocycles. The molecule has 0 atom stereocenters. The second-order valence-electron chi connectivity index (χ2n) is 4.93. The second kappa shape index (κ2) is 5.59. The molecule has 0 aliphatic rings. The summed E-state index contributed by atoms with van der Waals surface area (Å²) in [5.74, 6) is 0. The van der Waals surface area contributed by atoms with Crippen LogP contribution in [0.3, 0.4) is 0 Å². The molecule has 3 rings (SSSR count). The first-order valence-corrected chi connectivity index (χ1v) is 8.45. The number of halogens is 1. The Bertz CT molecular complexity index is 955. The summed E-state index contributed by atoms with van der Waals surface area (Å²) in [6.07, 6.45) is 1.50. The van der Waals surface area contributed by atoms with Gasteiger partial charge in [0.05, 0.1) is 22.3 Å². The number of fused-ring (bicyclic) bond motifs is 1. The van der Waals surface area contributed by atoms with E-state index in [1.54, 1.807) is 12.1 Å². The number of nitrogens with zero attached hydrogens (tertiary/aromatic N) is 1. The van der Waals surface area contributed by atoms with Gasteiger partial charge in [0.2, 0.25) is 0 Å². The van der Waals surface area contributed by atoms with E-state index < -0.39 is 10.0 Å². The summed E-state index contributed by atoms with van der Waals surface area (Å²) in [7, 11) is -3.70. The van der Waals surface area contributed by atoms with E-state index >= 15 is 0 Å². The molecular weight excluding hydrogens is 320 g/mol. The largest absolute Gasteiger partial charge is 0.278 e. The molecular formula is C16H13ClN2O2S. The molecule has 4 nitrogen and oxygen atoms in total. The van der Waals surface area contributed by atoms with Crippen molar-refractivity contribution >= 4 is 38.2 Å². The number of benzene rings is 2. The third-order valence-corrected chi connectivity index (χ3v) is 5.08. The van der Waals surface area contributed by atoms with Gasteiger partial charge in [-0.3, -0.25) is 9.71 Å². The molecule has 1 heterocycles. The number of anilines is 1. The van der Waals surface area contributed by atoms with E-state index in [9.17, 15) is 8.42 Å². The average Bonchev–Trinajstić information content (AvgIpc) is 2.49. The average molecular weight is 333 g/mol. The van der Waals surface area contributed by atoms with Gasteiger partial charge in [-0.2, -0.15) is 0 Å². The first kappa shape index (κ1) is 14.8. The van der Waals surface area contributed by atoms with Crippen molar-refractivity contribution < 1.29 is 8.42 Å². The Morgan fingerprint density at radius 1 is 1.09 bits per heavy atom. The number of pyridine rings is 1. The lowest BCUT2D eigenvalue weighted by Gasteiger charge is -2.09. The standard InChI is InChI=1S/C16H13ClN2O2S/c1-11-6-7-14(9-15(11)17)22(20,21)19-13-8-12-4-2-3-5-16(12)18-10-13/h2-10,19H,1H3. The lowest BCUT2D eigenvalue weighted by atomic mass is 10.2. The maximum Gasteiger partial charge on any atom is 0.261 e. The smallest absolute Gasteiger partial charge is 0.261 e. The fraction of sp³-hybridized carbons (Fsp3) is 0.0625. The molecule has 0 fully saturated rings. The van der Waals surface area contributed by atoms with Crippen molar-refractivity contribution in [3.63, 3.8) is 0 Å². The number of aryl methyl sites for hydroxylation is 1. The van der Waals surface area contributed by atoms with Crippen molar-refractivity contribution in [2.24, 2.45) is 0 Å². The number of hydrogen-bond donors (Lipinski definition) is 1. The zero-order valence-electron chi connectivity index (χ0n) is 11.7. The summed E-state index contributed by atoms with van der Waals surface area (Å²) in [5.41, 5.74) is 2.05. The van der Waals surface area contributed by atoms with Gasteiger partial charge in [0.25, 0.3) is 10.0 Å². The third-order valence-electron chi connectivity index (χ3n) is 3.30. The molecule has 0 spiro atoms. The first-order chi connectivity index (χ1) is 10.5. The van der Waals surface area contributed by atoms with E-state index in [1.807, 2.05) is 31.2 Å². The fourth-order valence-electron chi connectivity index (χ4n) is 2.08. The van der Waals surface area contributed by atoms with Gasteiger partial charge in [-0.05, 0) is 36.8 Å². The van der Waals surface area contributed by atoms with Crippen LogP contribution in [0.25, 0.3) is 10.9 Å². The Morgan fingerprint density at radius 3 is 2.64 bits per heavy atom. The summed E-state index contributed by atoms with van der Waals surface area (Å²) < 4.78 is 27.3. The normalized spacial score (nSPS) is 11.5. The molecule has 0 saturated heterocycles. The van der Waals surface area contributed by atoms with Crippen molar-refractivity contribution in [2.75, 3.05) is 4.72 Å². The van der Waals surface area contributed by atoms with Crippen LogP contribution in [0.1, 0.15) is 5.56 Å². The van der Waals surface area contributed by atoms with Crippen LogP contribution in [0.5, 0.6) is 0 Å². The molecule has 112 valence electrons. The van der Waals surface area contributed by atoms with E-state index in [4.69, 9.17) is 11.6 Å². The topological polar surface area (TPSA) is 59.1 Å². The number of hydrogen-bond acceptors (Lipinski definition) is 3. The van der Waals surface area contributed by atoms with Crippen LogP contribution in [0.15, 0.2) is 59.6 Å². The van der Waals surface area contributed by atoms with Crippen LogP contribution < -0.4 is 4.72 Å². The quantitative estimate of drug-likeness (QED) is 0.788. The lowest BCUT2D eigenvalue weighted by molar-refractivity contribution is 0.601. The van der Waals surface area contributed by atoms with Gasteiger partial charge < -0.3 is 0 Å². The highest BCUT2D eigenvalue weighted by molar-refractivity contribution is 7.92. The van der Waals surface area contributed by atoms with Gasteiger partial charge in [-0.15, -0.1) is 0 Å². The Morgan fingerprint density at radius 2 is 1.86 bits per heavy atom. The molecule has 0 radical (unpaired) electrons. The fourth-order valence-corrected chi connectivity index (χ4v) is 3.39. The summed E-state index contributed by atoms with van der Waals surface area (Å²) in [4.78, 5) is 4.36. The maximum absolute atomic E-state index is 12.4. The molecule has 3 aromatic rings. The molecule has 0 aliphatic carbocycles. The van der Waals surface area contributed by atoms with E-state index in [2.05, 4.69) is 9.71 Å². The molecule has 2 aromatic carbocycles. The number of rotatable bonds is 3. The molecule has 0 aliphatic heterocycles. The summed E-state index contributed by atoms with van der Waals surface area (Å²) >= 11 is 6.00. The van der Waals surface area contributed by atoms with E-state index in [-0.39, 0.29) is 4.90 Å². The minimum Gasteiger partial charge on any atom is -0.278 e. The van der Waals surface area contributed by atoms with Crippen molar-refractivity contribution in [2.45, 2.75) is 11.8 Å². The van der Waals surface area contributed by atoms with E-state index in [1.165, 1.54) is 18.3 Å². The molecule has 0 saturated carbocycles. The third kappa shape index (κ3) is 2.91. The van der Waals surface area contributed by atoms with Gasteiger partial charge >= 0.3 is 0 Å². The minimum absolute atomic E-state index is 0.122. The SMILES string of the molecule is Cc1ccc(S(=O)(=O)Nc2cnc3ccccc3c2)cc1Cl. The zero-order chi connectivity index (χ0) is 15.7. The number of aromatic nitrogens is 1. The van der Waals surface area contributed by atoms with Crippen LogP contribution in [0, 0.1) is 6.92 Å². The van der Waals surface area contributed by atoms with Crippen LogP contribution >= 0.6 is 11.6 Å². The van der Waals surface area contributed by atoms with Crippen LogP contribution in [-0.2, 0) is 10.0 Å². The van der Waals surface area contributed by atoms with Crippen LogP contribution in [-0.4, -0.2) is 13.4 Å². The summed E-state index contributed by atoms with van der Waals surface area (Å²) in [6.45, 7) is 1.82. The van der Waals surface area contributed by atoms with Gasteiger partial charge in [0, 0.05) is 10.4 Å². The van der Waals surface area contributed by atoms with Gasteiger partial charge in [0.15, 0.2) is 0 Å². The lowest BCUT2D eigenvalue weighted by Crippen LogP contribution is -2.13. The Balaban J connectivity index is 1.97. The van der Waals surface area contributed by atoms with Crippen LogP contribution in [0.4, 0.5) is 5.69 Å². The van der Waals surface area contributed by atoms with Crippen molar-refractivity contribution in [1.82, 2.24) is 4.98 Å². The van der Waals surface area contributed by atoms with Crippen molar-refractivity contribution in [1.29, 1.82) is 0 Å². The Kier molecular flexibility index (Phi) is 3.76. The molecule has 22 heavy (non-hydrogen) atoms. The first-order valence-electron chi connectivity index (χ1n) is 6.59. The highest BCUT2D eigenvalue weighted by atomic mass is 35.5. The predicted octanol–water partition coefficient (Wildman–Crippen LogP) is 4.00. The van der Waals surface area contributed by atoms with Crippen molar-refractivity contribution in [3.05, 3.63) is 65.3 Å². The maximum atomic E-state index is 12.4. The number of sulfonamides is 1. The van der Waals surface area contributed by atoms with Gasteiger partial charge in [-0.1, -0.05) is 35.9 Å². The summed E-state index contributed by atoms with van der Waals surface area (Å²) in [6, 6.07) is 13.9. The molecule has 0 bridgehead atoms. The Labute approximate surface area is 133 Å². The van der Waals surface area contributed by atoms with Gasteiger partial charge in [-0.25, -0.2) is 8.42 Å². The monoisotopic (exact) mass is 332 g/mol. The minimum atomic E-state index is -3.70. The highest BCUT2D eigenvalue weighted by Crippen LogP contribution is 2.23. The Hall–Kier alpha value is -2.11. The predicted molar refractivity (Wildman–Crippen MR) is 88.7 cm³/mol. The van der Waals surface area contributed by atoms with Crippen LogP contribution in [0.2, 0.25) is 5.02 Å². The van der Waals surface area contributed by atoms with E-state index in [0.717, 1.165) is 16.5 Å². The number of nitrogens with one attached hydrogen (secondary N) is 1. The molecule has 1 N–H and O–H groups in total. The highest BCUT2D eigenvalue weighted by Gasteiger charge is 2.15. The van der Waals surface area contributed by atoms with E-state index in [0.29, 0.717) is 10.7 Å². The van der Waals surface area contributed by atoms with Gasteiger partial charge in [0.1, 0.15) is 0 Å². The van der Waals surface area contributed by atoms with Crippen molar-refractivity contribution in [3.8, 4) is 0 Å². The molecule has 0 amide bonds. The summed E-state index contributed by atoms with van der Waals surface area (Å²) in [5, 5.41) is 1.28. The molecule has 6 heteroatoms. The number of para-hydroxylation sites is 1. The zero-order valence-corrected chi connectivity index (χ0v) is 13.3. The second-order valence-corrected chi connectivity index (χ2v) is 7.02.